The van der Waals surface area contributed by atoms with Crippen LogP contribution in [0.1, 0.15) is 5.82 Å². The summed E-state index contributed by atoms with van der Waals surface area (Å²) in [6, 6.07) is 1.73. The van der Waals surface area contributed by atoms with Crippen molar-refractivity contribution < 1.29 is 14.2 Å². The average molecular weight is 227 g/mol. The van der Waals surface area contributed by atoms with Gasteiger partial charge in [-0.2, -0.15) is 4.98 Å². The molecule has 1 heterocycles. The Labute approximate surface area is 95.0 Å². The standard InChI is InChI=1S/C10H17N3O3/c1-14-5-4-11-8-6-10(16-3)13-9(12-8)7-15-2/h6H,4-5,7H2,1-3H3,(H,11,12,13). The summed E-state index contributed by atoms with van der Waals surface area (Å²) in [5, 5.41) is 3.11. The van der Waals surface area contributed by atoms with Crippen LogP contribution in [0.25, 0.3) is 0 Å². The predicted molar refractivity (Wildman–Crippen MR) is 59.7 cm³/mol. The highest BCUT2D eigenvalue weighted by Gasteiger charge is 2.04. The SMILES string of the molecule is COCCNc1cc(OC)nc(COC)n1. The maximum Gasteiger partial charge on any atom is 0.218 e. The molecule has 1 aromatic rings. The maximum atomic E-state index is 5.07. The van der Waals surface area contributed by atoms with Gasteiger partial charge in [-0.15, -0.1) is 0 Å². The van der Waals surface area contributed by atoms with Gasteiger partial charge < -0.3 is 19.5 Å². The fourth-order valence-electron chi connectivity index (χ4n) is 1.14. The first-order chi connectivity index (χ1) is 7.80. The molecule has 1 aromatic heterocycles. The van der Waals surface area contributed by atoms with Crippen LogP contribution in [-0.4, -0.2) is 44.4 Å². The van der Waals surface area contributed by atoms with Gasteiger partial charge in [0, 0.05) is 26.8 Å². The van der Waals surface area contributed by atoms with E-state index in [1.807, 2.05) is 0 Å². The first-order valence-electron chi connectivity index (χ1n) is 4.94. The van der Waals surface area contributed by atoms with Gasteiger partial charge in [0.1, 0.15) is 12.4 Å². The Morgan fingerprint density at radius 3 is 2.62 bits per heavy atom. The minimum absolute atomic E-state index is 0.357. The van der Waals surface area contributed by atoms with E-state index in [9.17, 15) is 0 Å². The van der Waals surface area contributed by atoms with Crippen LogP contribution >= 0.6 is 0 Å². The molecule has 0 atom stereocenters. The molecule has 0 saturated carbocycles. The predicted octanol–water partition coefficient (Wildman–Crippen LogP) is 0.690. The summed E-state index contributed by atoms with van der Waals surface area (Å²) in [6.45, 7) is 1.66. The molecule has 16 heavy (non-hydrogen) atoms. The van der Waals surface area contributed by atoms with Crippen LogP contribution in [-0.2, 0) is 16.1 Å². The van der Waals surface area contributed by atoms with E-state index >= 15 is 0 Å². The summed E-state index contributed by atoms with van der Waals surface area (Å²) in [6.07, 6.45) is 0. The lowest BCUT2D eigenvalue weighted by Gasteiger charge is -2.08. The van der Waals surface area contributed by atoms with Gasteiger partial charge in [0.05, 0.1) is 13.7 Å². The Bertz CT molecular complexity index is 320. The Kier molecular flexibility index (Phi) is 5.52. The van der Waals surface area contributed by atoms with Crippen molar-refractivity contribution in [1.29, 1.82) is 0 Å². The smallest absolute Gasteiger partial charge is 0.218 e. The number of methoxy groups -OCH3 is 3. The highest BCUT2D eigenvalue weighted by Crippen LogP contribution is 2.13. The van der Waals surface area contributed by atoms with E-state index in [0.717, 1.165) is 0 Å². The van der Waals surface area contributed by atoms with E-state index in [1.165, 1.54) is 0 Å². The molecule has 0 aliphatic carbocycles. The summed E-state index contributed by atoms with van der Waals surface area (Å²) in [5.41, 5.74) is 0. The minimum atomic E-state index is 0.357. The van der Waals surface area contributed by atoms with Gasteiger partial charge in [-0.05, 0) is 0 Å². The first-order valence-corrected chi connectivity index (χ1v) is 4.94. The van der Waals surface area contributed by atoms with E-state index in [-0.39, 0.29) is 0 Å². The quantitative estimate of drug-likeness (QED) is 0.691. The second-order valence-corrected chi connectivity index (χ2v) is 3.06. The molecule has 0 amide bonds. The van der Waals surface area contributed by atoms with Crippen molar-refractivity contribution in [3.8, 4) is 5.88 Å². The van der Waals surface area contributed by atoms with E-state index in [4.69, 9.17) is 14.2 Å². The molecular weight excluding hydrogens is 210 g/mol. The highest BCUT2D eigenvalue weighted by molar-refractivity contribution is 5.38. The minimum Gasteiger partial charge on any atom is -0.481 e. The molecule has 1 rings (SSSR count). The maximum absolute atomic E-state index is 5.07. The number of ether oxygens (including phenoxy) is 3. The van der Waals surface area contributed by atoms with Crippen molar-refractivity contribution in [2.24, 2.45) is 0 Å². The summed E-state index contributed by atoms with van der Waals surface area (Å²) in [4.78, 5) is 8.40. The molecule has 0 bridgehead atoms. The summed E-state index contributed by atoms with van der Waals surface area (Å²) < 4.78 is 15.0. The third kappa shape index (κ3) is 4.00. The molecule has 0 fully saturated rings. The molecule has 0 spiro atoms. The van der Waals surface area contributed by atoms with E-state index in [1.54, 1.807) is 27.4 Å². The van der Waals surface area contributed by atoms with Gasteiger partial charge >= 0.3 is 0 Å². The fourth-order valence-corrected chi connectivity index (χ4v) is 1.14. The van der Waals surface area contributed by atoms with Gasteiger partial charge in [0.15, 0.2) is 5.82 Å². The molecule has 0 aliphatic heterocycles. The van der Waals surface area contributed by atoms with Crippen molar-refractivity contribution in [1.82, 2.24) is 9.97 Å². The molecule has 0 aromatic carbocycles. The number of anilines is 1. The van der Waals surface area contributed by atoms with Crippen molar-refractivity contribution in [2.45, 2.75) is 6.61 Å². The summed E-state index contributed by atoms with van der Waals surface area (Å²) in [5.74, 6) is 1.81. The second-order valence-electron chi connectivity index (χ2n) is 3.06. The number of rotatable bonds is 7. The molecule has 6 nitrogen and oxygen atoms in total. The van der Waals surface area contributed by atoms with Crippen LogP contribution < -0.4 is 10.1 Å². The number of aromatic nitrogens is 2. The molecule has 90 valence electrons. The lowest BCUT2D eigenvalue weighted by Crippen LogP contribution is -2.10. The zero-order valence-electron chi connectivity index (χ0n) is 9.82. The van der Waals surface area contributed by atoms with Crippen molar-refractivity contribution in [3.05, 3.63) is 11.9 Å². The molecular formula is C10H17N3O3. The largest absolute Gasteiger partial charge is 0.481 e. The lowest BCUT2D eigenvalue weighted by molar-refractivity contribution is 0.177. The van der Waals surface area contributed by atoms with Crippen LogP contribution in [0, 0.1) is 0 Å². The van der Waals surface area contributed by atoms with Crippen LogP contribution in [0.2, 0.25) is 0 Å². The van der Waals surface area contributed by atoms with E-state index in [2.05, 4.69) is 15.3 Å². The van der Waals surface area contributed by atoms with Gasteiger partial charge in [-0.3, -0.25) is 0 Å². The van der Waals surface area contributed by atoms with Crippen LogP contribution in [0.15, 0.2) is 6.07 Å². The lowest BCUT2D eigenvalue weighted by atomic mass is 10.5. The molecule has 0 radical (unpaired) electrons. The monoisotopic (exact) mass is 227 g/mol. The van der Waals surface area contributed by atoms with Gasteiger partial charge in [0.2, 0.25) is 5.88 Å². The zero-order chi connectivity index (χ0) is 11.8. The van der Waals surface area contributed by atoms with Crippen LogP contribution in [0.3, 0.4) is 0 Å². The number of nitrogens with zero attached hydrogens (tertiary/aromatic N) is 2. The summed E-state index contributed by atoms with van der Waals surface area (Å²) >= 11 is 0. The Morgan fingerprint density at radius 2 is 2.00 bits per heavy atom. The Morgan fingerprint density at radius 1 is 1.19 bits per heavy atom. The van der Waals surface area contributed by atoms with Gasteiger partial charge in [0.25, 0.3) is 0 Å². The van der Waals surface area contributed by atoms with Crippen molar-refractivity contribution >= 4 is 5.82 Å². The number of nitrogens with one attached hydrogen (secondary N) is 1. The highest BCUT2D eigenvalue weighted by atomic mass is 16.5. The van der Waals surface area contributed by atoms with Crippen LogP contribution in [0.5, 0.6) is 5.88 Å². The molecule has 6 heteroatoms. The fraction of sp³-hybridized carbons (Fsp3) is 0.600. The van der Waals surface area contributed by atoms with Gasteiger partial charge in [-0.1, -0.05) is 0 Å². The van der Waals surface area contributed by atoms with E-state index < -0.39 is 0 Å². The zero-order valence-corrected chi connectivity index (χ0v) is 9.82. The average Bonchev–Trinajstić information content (AvgIpc) is 2.29. The van der Waals surface area contributed by atoms with Gasteiger partial charge in [-0.25, -0.2) is 4.98 Å². The normalized spacial score (nSPS) is 10.2. The topological polar surface area (TPSA) is 65.5 Å². The molecule has 0 saturated heterocycles. The molecule has 1 N–H and O–H groups in total. The van der Waals surface area contributed by atoms with Crippen molar-refractivity contribution in [3.63, 3.8) is 0 Å². The Balaban J connectivity index is 2.69. The first kappa shape index (κ1) is 12.7. The summed E-state index contributed by atoms with van der Waals surface area (Å²) in [7, 11) is 4.82. The third-order valence-corrected chi connectivity index (χ3v) is 1.84. The Hall–Kier alpha value is -1.40. The molecule has 0 aliphatic rings. The molecule has 0 unspecified atom stereocenters. The van der Waals surface area contributed by atoms with Crippen LogP contribution in [0.4, 0.5) is 5.82 Å². The number of hydrogen-bond donors (Lipinski definition) is 1. The van der Waals surface area contributed by atoms with E-state index in [0.29, 0.717) is 37.3 Å². The van der Waals surface area contributed by atoms with Crippen molar-refractivity contribution in [2.75, 3.05) is 39.8 Å². The third-order valence-electron chi connectivity index (χ3n) is 1.84. The number of hydrogen-bond acceptors (Lipinski definition) is 6. The second kappa shape index (κ2) is 6.97.